The predicted octanol–water partition coefficient (Wildman–Crippen LogP) is 1.59. The number of hydrogen-bond donors (Lipinski definition) is 1. The van der Waals surface area contributed by atoms with Crippen molar-refractivity contribution in [2.24, 2.45) is 0 Å². The maximum atomic E-state index is 12.4. The van der Waals surface area contributed by atoms with Gasteiger partial charge in [-0.2, -0.15) is 4.31 Å². The normalized spacial score (nSPS) is 11.2. The number of ether oxygens (including phenoxy) is 1. The van der Waals surface area contributed by atoms with Crippen LogP contribution in [0.2, 0.25) is 0 Å². The third-order valence-corrected chi connectivity index (χ3v) is 6.05. The van der Waals surface area contributed by atoms with E-state index in [1.165, 1.54) is 28.8 Å². The van der Waals surface area contributed by atoms with Crippen LogP contribution >= 0.6 is 0 Å². The summed E-state index contributed by atoms with van der Waals surface area (Å²) < 4.78 is 31.2. The van der Waals surface area contributed by atoms with E-state index in [0.29, 0.717) is 13.1 Å². The fourth-order valence-electron chi connectivity index (χ4n) is 2.44. The molecule has 0 saturated heterocycles. The van der Waals surface area contributed by atoms with Crippen LogP contribution in [0.5, 0.6) is 0 Å². The molecule has 9 heteroatoms. The molecule has 0 atom stereocenters. The minimum atomic E-state index is -3.51. The van der Waals surface area contributed by atoms with E-state index in [4.69, 9.17) is 4.74 Å². The molecular weight excluding hydrogens is 382 g/mol. The van der Waals surface area contributed by atoms with Gasteiger partial charge in [0.2, 0.25) is 10.0 Å². The number of hydrogen-bond acceptors (Lipinski definition) is 6. The Bertz CT molecular complexity index is 895. The fourth-order valence-corrected chi connectivity index (χ4v) is 3.90. The van der Waals surface area contributed by atoms with Gasteiger partial charge in [0.15, 0.2) is 6.61 Å². The second-order valence-corrected chi connectivity index (χ2v) is 7.77. The van der Waals surface area contributed by atoms with Crippen molar-refractivity contribution in [3.05, 3.63) is 59.9 Å². The van der Waals surface area contributed by atoms with Crippen LogP contribution in [-0.4, -0.2) is 49.3 Å². The summed E-state index contributed by atoms with van der Waals surface area (Å²) in [6.45, 7) is 4.14. The van der Waals surface area contributed by atoms with Crippen molar-refractivity contribution in [3.63, 3.8) is 0 Å². The zero-order chi connectivity index (χ0) is 20.6. The molecule has 1 aromatic heterocycles. The first-order valence-corrected chi connectivity index (χ1v) is 10.3. The predicted molar refractivity (Wildman–Crippen MR) is 103 cm³/mol. The van der Waals surface area contributed by atoms with E-state index in [-0.39, 0.29) is 17.0 Å². The van der Waals surface area contributed by atoms with Gasteiger partial charge in [-0.25, -0.2) is 13.2 Å². The molecule has 1 heterocycles. The highest BCUT2D eigenvalue weighted by molar-refractivity contribution is 7.89. The van der Waals surface area contributed by atoms with Crippen molar-refractivity contribution >= 4 is 21.9 Å². The van der Waals surface area contributed by atoms with Crippen LogP contribution in [0.25, 0.3) is 0 Å². The molecule has 2 aromatic rings. The zero-order valence-electron chi connectivity index (χ0n) is 15.8. The molecule has 1 aromatic carbocycles. The van der Waals surface area contributed by atoms with Crippen LogP contribution in [0.4, 0.5) is 0 Å². The Balaban J connectivity index is 1.86. The monoisotopic (exact) mass is 405 g/mol. The first-order valence-electron chi connectivity index (χ1n) is 8.81. The number of carbonyl (C=O) groups is 2. The van der Waals surface area contributed by atoms with E-state index in [2.05, 4.69) is 10.3 Å². The van der Waals surface area contributed by atoms with Crippen LogP contribution in [0.3, 0.4) is 0 Å². The van der Waals surface area contributed by atoms with E-state index in [1.807, 2.05) is 0 Å². The molecule has 28 heavy (non-hydrogen) atoms. The molecular formula is C19H23N3O5S. The molecule has 0 bridgehead atoms. The third-order valence-electron chi connectivity index (χ3n) is 3.99. The second-order valence-electron chi connectivity index (χ2n) is 5.83. The molecule has 0 aliphatic rings. The smallest absolute Gasteiger partial charge is 0.340 e. The number of carbonyl (C=O) groups excluding carboxylic acids is 2. The summed E-state index contributed by atoms with van der Waals surface area (Å²) in [6.07, 6.45) is 2.89. The molecule has 0 unspecified atom stereocenters. The lowest BCUT2D eigenvalue weighted by Gasteiger charge is -2.18. The van der Waals surface area contributed by atoms with Crippen LogP contribution in [0.1, 0.15) is 29.8 Å². The summed E-state index contributed by atoms with van der Waals surface area (Å²) >= 11 is 0. The van der Waals surface area contributed by atoms with Crippen molar-refractivity contribution in [2.45, 2.75) is 25.3 Å². The molecule has 150 valence electrons. The number of pyridine rings is 1. The van der Waals surface area contributed by atoms with Gasteiger partial charge >= 0.3 is 5.97 Å². The van der Waals surface area contributed by atoms with Gasteiger partial charge in [-0.05, 0) is 29.8 Å². The minimum absolute atomic E-state index is 0.189. The van der Waals surface area contributed by atoms with E-state index in [9.17, 15) is 18.0 Å². The molecule has 2 rings (SSSR count). The van der Waals surface area contributed by atoms with Gasteiger partial charge in [0.05, 0.1) is 10.5 Å². The summed E-state index contributed by atoms with van der Waals surface area (Å²) in [5, 5.41) is 2.62. The van der Waals surface area contributed by atoms with Crippen molar-refractivity contribution in [3.8, 4) is 0 Å². The third kappa shape index (κ3) is 5.61. The van der Waals surface area contributed by atoms with Crippen molar-refractivity contribution < 1.29 is 22.7 Å². The number of amides is 1. The highest BCUT2D eigenvalue weighted by Gasteiger charge is 2.21. The van der Waals surface area contributed by atoms with Crippen molar-refractivity contribution in [1.29, 1.82) is 0 Å². The lowest BCUT2D eigenvalue weighted by atomic mass is 10.2. The minimum Gasteiger partial charge on any atom is -0.452 e. The Morgan fingerprint density at radius 3 is 2.36 bits per heavy atom. The number of nitrogens with one attached hydrogen (secondary N) is 1. The number of sulfonamides is 1. The summed E-state index contributed by atoms with van der Waals surface area (Å²) in [7, 11) is -3.51. The first kappa shape index (κ1) is 21.5. The number of rotatable bonds is 9. The topological polar surface area (TPSA) is 106 Å². The highest BCUT2D eigenvalue weighted by Crippen LogP contribution is 2.16. The molecule has 0 radical (unpaired) electrons. The summed E-state index contributed by atoms with van der Waals surface area (Å²) in [4.78, 5) is 27.6. The van der Waals surface area contributed by atoms with Crippen LogP contribution in [0.15, 0.2) is 53.7 Å². The Labute approximate surface area is 164 Å². The van der Waals surface area contributed by atoms with Crippen LogP contribution < -0.4 is 5.32 Å². The van der Waals surface area contributed by atoms with E-state index in [1.54, 1.807) is 38.1 Å². The van der Waals surface area contributed by atoms with Gasteiger partial charge in [-0.1, -0.05) is 26.0 Å². The molecule has 0 aliphatic heterocycles. The van der Waals surface area contributed by atoms with Gasteiger partial charge in [-0.3, -0.25) is 9.78 Å². The van der Waals surface area contributed by atoms with Gasteiger partial charge in [0, 0.05) is 32.0 Å². The summed E-state index contributed by atoms with van der Waals surface area (Å²) in [5.41, 5.74) is 0.991. The second kappa shape index (κ2) is 9.95. The lowest BCUT2D eigenvalue weighted by Crippen LogP contribution is -2.30. The lowest BCUT2D eigenvalue weighted by molar-refractivity contribution is -0.124. The van der Waals surface area contributed by atoms with E-state index in [0.717, 1.165) is 5.56 Å². The number of benzene rings is 1. The van der Waals surface area contributed by atoms with E-state index >= 15 is 0 Å². The Morgan fingerprint density at radius 2 is 1.79 bits per heavy atom. The van der Waals surface area contributed by atoms with Gasteiger partial charge < -0.3 is 10.1 Å². The maximum absolute atomic E-state index is 12.4. The van der Waals surface area contributed by atoms with Gasteiger partial charge in [0.25, 0.3) is 5.91 Å². The molecule has 8 nitrogen and oxygen atoms in total. The highest BCUT2D eigenvalue weighted by atomic mass is 32.2. The largest absolute Gasteiger partial charge is 0.452 e. The van der Waals surface area contributed by atoms with E-state index < -0.39 is 28.5 Å². The standard InChI is InChI=1S/C19H23N3O5S/c1-3-22(4-2)28(25,26)17-9-7-15(8-10-17)12-21-18(23)14-27-19(24)16-6-5-11-20-13-16/h5-11,13H,3-4,12,14H2,1-2H3,(H,21,23). The zero-order valence-corrected chi connectivity index (χ0v) is 16.6. The fraction of sp³-hybridized carbons (Fsp3) is 0.316. The SMILES string of the molecule is CCN(CC)S(=O)(=O)c1ccc(CNC(=O)COC(=O)c2cccnc2)cc1. The molecule has 0 fully saturated rings. The molecule has 0 aliphatic carbocycles. The Morgan fingerprint density at radius 1 is 1.11 bits per heavy atom. The molecule has 0 saturated carbocycles. The first-order chi connectivity index (χ1) is 13.4. The van der Waals surface area contributed by atoms with Gasteiger partial charge in [-0.15, -0.1) is 0 Å². The van der Waals surface area contributed by atoms with Crippen LogP contribution in [-0.2, 0) is 26.1 Å². The summed E-state index contributed by atoms with van der Waals surface area (Å²) in [6, 6.07) is 9.44. The number of aromatic nitrogens is 1. The average Bonchev–Trinajstić information content (AvgIpc) is 2.72. The number of nitrogens with zero attached hydrogens (tertiary/aromatic N) is 2. The molecule has 1 amide bonds. The van der Waals surface area contributed by atoms with Crippen LogP contribution in [0, 0.1) is 0 Å². The Kier molecular flexibility index (Phi) is 7.65. The molecule has 0 spiro atoms. The number of esters is 1. The quantitative estimate of drug-likeness (QED) is 0.635. The average molecular weight is 405 g/mol. The maximum Gasteiger partial charge on any atom is 0.340 e. The molecule has 1 N–H and O–H groups in total. The Hall–Kier alpha value is -2.78. The van der Waals surface area contributed by atoms with Crippen molar-refractivity contribution in [1.82, 2.24) is 14.6 Å². The van der Waals surface area contributed by atoms with Gasteiger partial charge in [0.1, 0.15) is 0 Å². The summed E-state index contributed by atoms with van der Waals surface area (Å²) in [5.74, 6) is -1.09. The van der Waals surface area contributed by atoms with Crippen molar-refractivity contribution in [2.75, 3.05) is 19.7 Å².